The van der Waals surface area contributed by atoms with Crippen LogP contribution in [0.1, 0.15) is 75.3 Å². The molecule has 0 bridgehead atoms. The summed E-state index contributed by atoms with van der Waals surface area (Å²) >= 11 is 1.46. The highest BCUT2D eigenvalue weighted by atomic mass is 32.2. The second-order valence-corrected chi connectivity index (χ2v) is 8.49. The molecule has 1 fully saturated rings. The van der Waals surface area contributed by atoms with Gasteiger partial charge in [0.25, 0.3) is 0 Å². The van der Waals surface area contributed by atoms with Crippen LogP contribution in [0.25, 0.3) is 0 Å². The van der Waals surface area contributed by atoms with Crippen molar-refractivity contribution in [2.24, 2.45) is 5.92 Å². The second kappa shape index (κ2) is 10.8. The van der Waals surface area contributed by atoms with Crippen molar-refractivity contribution in [1.29, 1.82) is 0 Å². The van der Waals surface area contributed by atoms with E-state index in [4.69, 9.17) is 4.18 Å². The Balaban J connectivity index is 1.40. The Morgan fingerprint density at radius 3 is 2.31 bits per heavy atom. The Morgan fingerprint density at radius 1 is 0.885 bits per heavy atom. The lowest BCUT2D eigenvalue weighted by atomic mass is 9.77. The minimum atomic E-state index is 0.657. The molecule has 26 heavy (non-hydrogen) atoms. The highest BCUT2D eigenvalue weighted by molar-refractivity contribution is 7.94. The molecule has 1 aliphatic carbocycles. The minimum absolute atomic E-state index is 0.657. The molecule has 1 saturated carbocycles. The molecule has 0 radical (unpaired) electrons. The summed E-state index contributed by atoms with van der Waals surface area (Å²) in [5.41, 5.74) is 2.78. The lowest BCUT2D eigenvalue weighted by molar-refractivity contribution is 0.302. The normalized spacial score (nSPS) is 20.2. The number of hydrogen-bond donors (Lipinski definition) is 0. The molecule has 0 unspecified atom stereocenters. The first kappa shape index (κ1) is 19.5. The average molecular weight is 369 g/mol. The lowest BCUT2D eigenvalue weighted by Gasteiger charge is -2.29. The van der Waals surface area contributed by atoms with Crippen LogP contribution in [0.5, 0.6) is 0 Å². The van der Waals surface area contributed by atoms with Crippen molar-refractivity contribution in [3.63, 3.8) is 0 Å². The van der Waals surface area contributed by atoms with E-state index in [-0.39, 0.29) is 0 Å². The smallest absolute Gasteiger partial charge is 0.0869 e. The van der Waals surface area contributed by atoms with Crippen LogP contribution in [-0.2, 0) is 10.8 Å². The van der Waals surface area contributed by atoms with Gasteiger partial charge in [-0.15, -0.1) is 0 Å². The van der Waals surface area contributed by atoms with Crippen LogP contribution in [0.3, 0.4) is 0 Å². The van der Waals surface area contributed by atoms with Gasteiger partial charge in [-0.3, -0.25) is 0 Å². The molecule has 0 aromatic heterocycles. The fourth-order valence-corrected chi connectivity index (χ4v) is 4.59. The molecule has 2 aromatic rings. The van der Waals surface area contributed by atoms with Crippen LogP contribution in [0.2, 0.25) is 0 Å². The molecule has 0 heterocycles. The molecule has 0 N–H and O–H groups in total. The summed E-state index contributed by atoms with van der Waals surface area (Å²) in [5, 5.41) is 0. The summed E-state index contributed by atoms with van der Waals surface area (Å²) in [4.78, 5) is 1.15. The maximum absolute atomic E-state index is 5.77. The average Bonchev–Trinajstić information content (AvgIpc) is 2.70. The molecular formula is C24H32OS. The Kier molecular flexibility index (Phi) is 8.10. The fraction of sp³-hybridized carbons (Fsp3) is 0.500. The number of unbranched alkanes of at least 4 members (excludes halogenated alkanes) is 2. The van der Waals surface area contributed by atoms with E-state index in [0.29, 0.717) is 6.61 Å². The molecule has 0 atom stereocenters. The third kappa shape index (κ3) is 6.17. The predicted molar refractivity (Wildman–Crippen MR) is 112 cm³/mol. The number of benzene rings is 2. The Labute approximate surface area is 163 Å². The minimum Gasteiger partial charge on any atom is -0.305 e. The van der Waals surface area contributed by atoms with Gasteiger partial charge >= 0.3 is 0 Å². The topological polar surface area (TPSA) is 9.23 Å². The molecular weight excluding hydrogens is 336 g/mol. The zero-order chi connectivity index (χ0) is 18.0. The maximum Gasteiger partial charge on any atom is 0.0869 e. The SMILES string of the molecule is CCCCCC1CCC(c2ccc(COSc3ccccc3)cc2)CC1. The standard InChI is InChI=1S/C24H32OS/c1-2-3-5-8-20-11-15-22(16-12-20)23-17-13-21(14-18-23)19-25-26-24-9-6-4-7-10-24/h4,6-7,9-10,13-14,17-18,20,22H,2-3,5,8,11-12,15-16,19H2,1H3. The highest BCUT2D eigenvalue weighted by Gasteiger charge is 2.21. The van der Waals surface area contributed by atoms with Gasteiger partial charge in [-0.2, -0.15) is 0 Å². The van der Waals surface area contributed by atoms with Crippen molar-refractivity contribution >= 4 is 12.0 Å². The molecule has 1 nitrogen and oxygen atoms in total. The van der Waals surface area contributed by atoms with Crippen LogP contribution in [0.4, 0.5) is 0 Å². The lowest BCUT2D eigenvalue weighted by Crippen LogP contribution is -2.13. The van der Waals surface area contributed by atoms with Gasteiger partial charge in [0.05, 0.1) is 6.61 Å². The van der Waals surface area contributed by atoms with Gasteiger partial charge in [-0.05, 0) is 60.8 Å². The summed E-state index contributed by atoms with van der Waals surface area (Å²) < 4.78 is 5.77. The van der Waals surface area contributed by atoms with E-state index in [9.17, 15) is 0 Å². The highest BCUT2D eigenvalue weighted by Crippen LogP contribution is 2.37. The second-order valence-electron chi connectivity index (χ2n) is 7.61. The zero-order valence-electron chi connectivity index (χ0n) is 16.0. The van der Waals surface area contributed by atoms with Crippen molar-refractivity contribution in [1.82, 2.24) is 0 Å². The molecule has 2 aromatic carbocycles. The maximum atomic E-state index is 5.77. The summed E-state index contributed by atoms with van der Waals surface area (Å²) in [7, 11) is 0. The third-order valence-electron chi connectivity index (χ3n) is 5.64. The van der Waals surface area contributed by atoms with Gasteiger partial charge in [0.2, 0.25) is 0 Å². The predicted octanol–water partition coefficient (Wildman–Crippen LogP) is 7.76. The van der Waals surface area contributed by atoms with Crippen molar-refractivity contribution in [2.75, 3.05) is 0 Å². The summed E-state index contributed by atoms with van der Waals surface area (Å²) in [5.74, 6) is 1.76. The molecule has 3 rings (SSSR count). The van der Waals surface area contributed by atoms with Crippen molar-refractivity contribution in [3.8, 4) is 0 Å². The molecule has 1 aliphatic rings. The molecule has 0 aliphatic heterocycles. The molecule has 2 heteroatoms. The van der Waals surface area contributed by atoms with Crippen LogP contribution in [0.15, 0.2) is 59.5 Å². The van der Waals surface area contributed by atoms with Crippen LogP contribution < -0.4 is 0 Å². The summed E-state index contributed by atoms with van der Waals surface area (Å²) in [6.07, 6.45) is 11.2. The van der Waals surface area contributed by atoms with E-state index in [1.165, 1.54) is 74.5 Å². The Morgan fingerprint density at radius 2 is 1.62 bits per heavy atom. The van der Waals surface area contributed by atoms with E-state index in [0.717, 1.165) is 16.7 Å². The third-order valence-corrected chi connectivity index (χ3v) is 6.34. The first-order valence-electron chi connectivity index (χ1n) is 10.3. The van der Waals surface area contributed by atoms with Crippen molar-refractivity contribution < 1.29 is 4.18 Å². The quantitative estimate of drug-likeness (QED) is 0.330. The Bertz CT molecular complexity index is 614. The van der Waals surface area contributed by atoms with E-state index in [1.807, 2.05) is 18.2 Å². The van der Waals surface area contributed by atoms with E-state index in [2.05, 4.69) is 43.3 Å². The van der Waals surface area contributed by atoms with Gasteiger partial charge in [0, 0.05) is 16.9 Å². The van der Waals surface area contributed by atoms with Crippen molar-refractivity contribution in [2.45, 2.75) is 75.7 Å². The molecule has 0 amide bonds. The van der Waals surface area contributed by atoms with E-state index < -0.39 is 0 Å². The first-order valence-corrected chi connectivity index (χ1v) is 11.0. The van der Waals surface area contributed by atoms with E-state index >= 15 is 0 Å². The summed E-state index contributed by atoms with van der Waals surface area (Å²) in [6.45, 7) is 2.95. The first-order chi connectivity index (χ1) is 12.8. The number of hydrogen-bond acceptors (Lipinski definition) is 2. The van der Waals surface area contributed by atoms with Crippen LogP contribution in [0, 0.1) is 5.92 Å². The molecule has 0 spiro atoms. The number of rotatable bonds is 9. The molecule has 140 valence electrons. The largest absolute Gasteiger partial charge is 0.305 e. The Hall–Kier alpha value is -1.25. The monoisotopic (exact) mass is 368 g/mol. The van der Waals surface area contributed by atoms with Crippen LogP contribution in [-0.4, -0.2) is 0 Å². The van der Waals surface area contributed by atoms with Gasteiger partial charge in [0.1, 0.15) is 0 Å². The molecule has 0 saturated heterocycles. The van der Waals surface area contributed by atoms with Crippen molar-refractivity contribution in [3.05, 3.63) is 65.7 Å². The fourth-order valence-electron chi connectivity index (χ4n) is 4.00. The van der Waals surface area contributed by atoms with Crippen LogP contribution >= 0.6 is 12.0 Å². The van der Waals surface area contributed by atoms with Gasteiger partial charge in [-0.1, -0.05) is 75.1 Å². The zero-order valence-corrected chi connectivity index (χ0v) is 16.8. The van der Waals surface area contributed by atoms with Gasteiger partial charge in [0.15, 0.2) is 0 Å². The van der Waals surface area contributed by atoms with Gasteiger partial charge < -0.3 is 4.18 Å². The summed E-state index contributed by atoms with van der Waals surface area (Å²) in [6, 6.07) is 19.4. The van der Waals surface area contributed by atoms with Gasteiger partial charge in [-0.25, -0.2) is 0 Å². The van der Waals surface area contributed by atoms with E-state index in [1.54, 1.807) is 0 Å².